The van der Waals surface area contributed by atoms with Gasteiger partial charge >= 0.3 is 5.97 Å². The van der Waals surface area contributed by atoms with E-state index in [9.17, 15) is 9.59 Å². The Morgan fingerprint density at radius 1 is 1.29 bits per heavy atom. The van der Waals surface area contributed by atoms with E-state index in [0.29, 0.717) is 23.2 Å². The molecule has 118 valence electrons. The maximum Gasteiger partial charge on any atom is 0.358 e. The van der Waals surface area contributed by atoms with Gasteiger partial charge in [0.2, 0.25) is 0 Å². The maximum atomic E-state index is 11.6. The van der Waals surface area contributed by atoms with Crippen LogP contribution in [0.15, 0.2) is 0 Å². The minimum absolute atomic E-state index is 0.0803. The van der Waals surface area contributed by atoms with Crippen LogP contribution in [-0.2, 0) is 9.47 Å². The van der Waals surface area contributed by atoms with Crippen molar-refractivity contribution in [2.24, 2.45) is 0 Å². The molecule has 1 aromatic heterocycles. The van der Waals surface area contributed by atoms with Crippen molar-refractivity contribution >= 4 is 28.2 Å². The van der Waals surface area contributed by atoms with Gasteiger partial charge in [-0.1, -0.05) is 24.7 Å². The van der Waals surface area contributed by atoms with Gasteiger partial charge in [-0.2, -0.15) is 0 Å². The highest BCUT2D eigenvalue weighted by Gasteiger charge is 2.21. The molecule has 0 aliphatic heterocycles. The van der Waals surface area contributed by atoms with Crippen LogP contribution in [0.3, 0.4) is 0 Å². The standard InChI is InChI=1S/C14H22N2O4S/c1-4-5-8-20-9-6-7-15-14-16-11(13(18)19-3)12(21-14)10(2)17/h4-9H2,1-3H3,(H,15,16). The Labute approximate surface area is 128 Å². The molecule has 0 saturated heterocycles. The fourth-order valence-corrected chi connectivity index (χ4v) is 2.46. The van der Waals surface area contributed by atoms with Crippen LogP contribution >= 0.6 is 11.3 Å². The van der Waals surface area contributed by atoms with Crippen molar-refractivity contribution < 1.29 is 19.1 Å². The van der Waals surface area contributed by atoms with E-state index >= 15 is 0 Å². The number of Topliss-reactive ketones (excluding diaryl/α,β-unsaturated/α-hetero) is 1. The number of ketones is 1. The second-order valence-electron chi connectivity index (χ2n) is 4.49. The summed E-state index contributed by atoms with van der Waals surface area (Å²) in [6.45, 7) is 5.68. The van der Waals surface area contributed by atoms with Gasteiger partial charge in [0.15, 0.2) is 16.6 Å². The summed E-state index contributed by atoms with van der Waals surface area (Å²) in [5.74, 6) is -0.781. The fourth-order valence-electron chi connectivity index (χ4n) is 1.59. The lowest BCUT2D eigenvalue weighted by molar-refractivity contribution is 0.0591. The Balaban J connectivity index is 2.45. The van der Waals surface area contributed by atoms with E-state index in [1.807, 2.05) is 0 Å². The Hall–Kier alpha value is -1.47. The Morgan fingerprint density at radius 2 is 2.00 bits per heavy atom. The molecule has 0 saturated carbocycles. The average molecular weight is 314 g/mol. The number of unbranched alkanes of at least 4 members (excludes halogenated alkanes) is 1. The first-order valence-electron chi connectivity index (χ1n) is 7.01. The number of carbonyl (C=O) groups excluding carboxylic acids is 2. The number of carbonyl (C=O) groups is 2. The number of rotatable bonds is 10. The zero-order valence-corrected chi connectivity index (χ0v) is 13.5. The minimum atomic E-state index is -0.590. The molecule has 0 bridgehead atoms. The van der Waals surface area contributed by atoms with Gasteiger partial charge in [0.1, 0.15) is 4.88 Å². The number of anilines is 1. The first kappa shape index (κ1) is 17.6. The highest BCUT2D eigenvalue weighted by atomic mass is 32.1. The van der Waals surface area contributed by atoms with Crippen molar-refractivity contribution in [2.75, 3.05) is 32.2 Å². The van der Waals surface area contributed by atoms with Crippen LogP contribution < -0.4 is 5.32 Å². The molecule has 7 heteroatoms. The number of thiazole rings is 1. The normalized spacial score (nSPS) is 10.4. The van der Waals surface area contributed by atoms with Crippen LogP contribution in [0.5, 0.6) is 0 Å². The molecule has 0 fully saturated rings. The van der Waals surface area contributed by atoms with Crippen molar-refractivity contribution in [3.05, 3.63) is 10.6 Å². The maximum absolute atomic E-state index is 11.6. The lowest BCUT2D eigenvalue weighted by Crippen LogP contribution is -2.08. The zero-order chi connectivity index (χ0) is 15.7. The number of nitrogens with one attached hydrogen (secondary N) is 1. The summed E-state index contributed by atoms with van der Waals surface area (Å²) in [7, 11) is 1.27. The van der Waals surface area contributed by atoms with Crippen LogP contribution in [0, 0.1) is 0 Å². The van der Waals surface area contributed by atoms with Crippen LogP contribution in [-0.4, -0.2) is 43.6 Å². The third kappa shape index (κ3) is 5.81. The Morgan fingerprint density at radius 3 is 2.62 bits per heavy atom. The third-order valence-corrected chi connectivity index (χ3v) is 3.82. The molecule has 0 amide bonds. The summed E-state index contributed by atoms with van der Waals surface area (Å²) in [6, 6.07) is 0. The van der Waals surface area contributed by atoms with Crippen molar-refractivity contribution in [3.63, 3.8) is 0 Å². The lowest BCUT2D eigenvalue weighted by atomic mass is 10.3. The number of nitrogens with zero attached hydrogens (tertiary/aromatic N) is 1. The molecule has 1 heterocycles. The summed E-state index contributed by atoms with van der Waals surface area (Å²) in [4.78, 5) is 27.5. The molecule has 0 unspecified atom stereocenters. The highest BCUT2D eigenvalue weighted by Crippen LogP contribution is 2.24. The number of hydrogen-bond acceptors (Lipinski definition) is 7. The average Bonchev–Trinajstić information content (AvgIpc) is 2.90. The molecule has 1 N–H and O–H groups in total. The van der Waals surface area contributed by atoms with Gasteiger partial charge in [0.25, 0.3) is 0 Å². The summed E-state index contributed by atoms with van der Waals surface area (Å²) in [5.41, 5.74) is 0.0803. The molecule has 1 aromatic rings. The van der Waals surface area contributed by atoms with Crippen LogP contribution in [0.25, 0.3) is 0 Å². The van der Waals surface area contributed by atoms with Gasteiger partial charge in [-0.05, 0) is 12.8 Å². The molecule has 0 atom stereocenters. The monoisotopic (exact) mass is 314 g/mol. The second kappa shape index (κ2) is 9.46. The first-order chi connectivity index (χ1) is 10.1. The third-order valence-electron chi connectivity index (χ3n) is 2.71. The van der Waals surface area contributed by atoms with E-state index in [2.05, 4.69) is 22.0 Å². The molecular formula is C14H22N2O4S. The van der Waals surface area contributed by atoms with E-state index < -0.39 is 5.97 Å². The van der Waals surface area contributed by atoms with Crippen LogP contribution in [0.4, 0.5) is 5.13 Å². The Bertz CT molecular complexity index is 474. The van der Waals surface area contributed by atoms with E-state index in [-0.39, 0.29) is 11.5 Å². The van der Waals surface area contributed by atoms with Crippen molar-refractivity contribution in [2.45, 2.75) is 33.1 Å². The van der Waals surface area contributed by atoms with Gasteiger partial charge < -0.3 is 14.8 Å². The predicted octanol–water partition coefficient (Wildman–Crippen LogP) is 2.75. The molecular weight excluding hydrogens is 292 g/mol. The summed E-state index contributed by atoms with van der Waals surface area (Å²) in [6.07, 6.45) is 3.04. The largest absolute Gasteiger partial charge is 0.464 e. The molecule has 21 heavy (non-hydrogen) atoms. The summed E-state index contributed by atoms with van der Waals surface area (Å²) < 4.78 is 10.1. The van der Waals surface area contributed by atoms with E-state index in [1.54, 1.807) is 0 Å². The number of ether oxygens (including phenoxy) is 2. The quantitative estimate of drug-likeness (QED) is 0.406. The molecule has 0 radical (unpaired) electrons. The van der Waals surface area contributed by atoms with Crippen molar-refractivity contribution in [3.8, 4) is 0 Å². The molecule has 1 rings (SSSR count). The second-order valence-corrected chi connectivity index (χ2v) is 5.49. The fraction of sp³-hybridized carbons (Fsp3) is 0.643. The van der Waals surface area contributed by atoms with Crippen molar-refractivity contribution in [1.29, 1.82) is 0 Å². The van der Waals surface area contributed by atoms with Crippen molar-refractivity contribution in [1.82, 2.24) is 4.98 Å². The number of methoxy groups -OCH3 is 1. The van der Waals surface area contributed by atoms with E-state index in [4.69, 9.17) is 4.74 Å². The van der Waals surface area contributed by atoms with Gasteiger partial charge in [-0.15, -0.1) is 0 Å². The minimum Gasteiger partial charge on any atom is -0.464 e. The van der Waals surface area contributed by atoms with Crippen LogP contribution in [0.1, 0.15) is 53.3 Å². The summed E-state index contributed by atoms with van der Waals surface area (Å²) >= 11 is 1.17. The molecule has 0 aliphatic rings. The summed E-state index contributed by atoms with van der Waals surface area (Å²) in [5, 5.41) is 3.65. The highest BCUT2D eigenvalue weighted by molar-refractivity contribution is 7.17. The molecule has 0 aliphatic carbocycles. The van der Waals surface area contributed by atoms with Gasteiger partial charge in [0, 0.05) is 26.7 Å². The van der Waals surface area contributed by atoms with E-state index in [0.717, 1.165) is 25.9 Å². The van der Waals surface area contributed by atoms with Crippen LogP contribution in [0.2, 0.25) is 0 Å². The number of esters is 1. The topological polar surface area (TPSA) is 77.5 Å². The van der Waals surface area contributed by atoms with E-state index in [1.165, 1.54) is 25.4 Å². The first-order valence-corrected chi connectivity index (χ1v) is 7.83. The molecule has 6 nitrogen and oxygen atoms in total. The lowest BCUT2D eigenvalue weighted by Gasteiger charge is -2.04. The van der Waals surface area contributed by atoms with Gasteiger partial charge in [-0.25, -0.2) is 9.78 Å². The Kier molecular flexibility index (Phi) is 7.92. The zero-order valence-electron chi connectivity index (χ0n) is 12.7. The molecule has 0 aromatic carbocycles. The number of aromatic nitrogens is 1. The van der Waals surface area contributed by atoms with Gasteiger partial charge in [-0.3, -0.25) is 4.79 Å². The SMILES string of the molecule is CCCCOCCCNc1nc(C(=O)OC)c(C(C)=O)s1. The smallest absolute Gasteiger partial charge is 0.358 e. The van der Waals surface area contributed by atoms with Gasteiger partial charge in [0.05, 0.1) is 7.11 Å². The predicted molar refractivity (Wildman–Crippen MR) is 82.3 cm³/mol. The molecule has 0 spiro atoms. The number of hydrogen-bond donors (Lipinski definition) is 1.